The molecule has 104 valence electrons. The minimum atomic E-state index is -0.0722. The fourth-order valence-corrected chi connectivity index (χ4v) is 2.22. The summed E-state index contributed by atoms with van der Waals surface area (Å²) in [4.78, 5) is 0. The van der Waals surface area contributed by atoms with E-state index >= 15 is 0 Å². The highest BCUT2D eigenvalue weighted by Gasteiger charge is 2.10. The van der Waals surface area contributed by atoms with Crippen LogP contribution in [0.4, 0.5) is 0 Å². The van der Waals surface area contributed by atoms with E-state index in [2.05, 4.69) is 55.8 Å². The number of hydrogen-bond donors (Lipinski definition) is 1. The Morgan fingerprint density at radius 3 is 2.68 bits per heavy atom. The molecule has 0 unspecified atom stereocenters. The van der Waals surface area contributed by atoms with E-state index in [9.17, 15) is 0 Å². The van der Waals surface area contributed by atoms with E-state index in [0.717, 1.165) is 19.6 Å². The van der Waals surface area contributed by atoms with E-state index in [1.165, 1.54) is 16.5 Å². The van der Waals surface area contributed by atoms with Crippen molar-refractivity contribution in [1.82, 2.24) is 4.57 Å². The van der Waals surface area contributed by atoms with Crippen molar-refractivity contribution >= 4 is 10.9 Å². The fourth-order valence-electron chi connectivity index (χ4n) is 2.22. The third kappa shape index (κ3) is 3.82. The van der Waals surface area contributed by atoms with Gasteiger partial charge < -0.3 is 15.0 Å². The highest BCUT2D eigenvalue weighted by Crippen LogP contribution is 2.18. The monoisotopic (exact) mass is 260 g/mol. The van der Waals surface area contributed by atoms with Crippen LogP contribution in [0.2, 0.25) is 0 Å². The average Bonchev–Trinajstić information content (AvgIpc) is 2.71. The van der Waals surface area contributed by atoms with Crippen LogP contribution in [-0.2, 0) is 17.7 Å². The first-order chi connectivity index (χ1) is 8.99. The zero-order chi connectivity index (χ0) is 13.9. The number of benzene rings is 1. The molecule has 0 radical (unpaired) electrons. The minimum absolute atomic E-state index is 0.0722. The van der Waals surface area contributed by atoms with Crippen LogP contribution < -0.4 is 5.73 Å². The number of ether oxygens (including phenoxy) is 1. The average molecular weight is 260 g/mol. The third-order valence-corrected chi connectivity index (χ3v) is 3.14. The molecule has 1 aromatic heterocycles. The van der Waals surface area contributed by atoms with Gasteiger partial charge in [0, 0.05) is 18.3 Å². The van der Waals surface area contributed by atoms with Gasteiger partial charge in [-0.25, -0.2) is 0 Å². The Balaban J connectivity index is 2.08. The first-order valence-corrected chi connectivity index (χ1v) is 6.91. The van der Waals surface area contributed by atoms with Gasteiger partial charge in [0.05, 0.1) is 12.2 Å². The molecule has 3 heteroatoms. The number of nitrogens with two attached hydrogens (primary N) is 1. The summed E-state index contributed by atoms with van der Waals surface area (Å²) in [5.41, 5.74) is 8.09. The zero-order valence-corrected chi connectivity index (χ0v) is 12.1. The second-order valence-corrected chi connectivity index (χ2v) is 5.90. The van der Waals surface area contributed by atoms with Crippen molar-refractivity contribution in [3.8, 4) is 0 Å². The fraction of sp³-hybridized carbons (Fsp3) is 0.500. The van der Waals surface area contributed by atoms with Gasteiger partial charge in [-0.15, -0.1) is 0 Å². The Kier molecular flexibility index (Phi) is 4.27. The van der Waals surface area contributed by atoms with E-state index in [1.54, 1.807) is 0 Å². The van der Waals surface area contributed by atoms with Crippen molar-refractivity contribution < 1.29 is 4.74 Å². The van der Waals surface area contributed by atoms with Crippen molar-refractivity contribution in [1.29, 1.82) is 0 Å². The van der Waals surface area contributed by atoms with Crippen LogP contribution in [0.15, 0.2) is 30.5 Å². The van der Waals surface area contributed by atoms with E-state index in [4.69, 9.17) is 10.5 Å². The molecule has 0 spiro atoms. The van der Waals surface area contributed by atoms with Gasteiger partial charge in [0.1, 0.15) is 0 Å². The summed E-state index contributed by atoms with van der Waals surface area (Å²) in [6, 6.07) is 8.73. The molecular weight excluding hydrogens is 236 g/mol. The molecule has 1 aromatic carbocycles. The van der Waals surface area contributed by atoms with Crippen molar-refractivity contribution in [3.63, 3.8) is 0 Å². The first-order valence-electron chi connectivity index (χ1n) is 6.91. The third-order valence-electron chi connectivity index (χ3n) is 3.14. The van der Waals surface area contributed by atoms with Crippen LogP contribution in [0.25, 0.3) is 10.9 Å². The van der Waals surface area contributed by atoms with Gasteiger partial charge in [-0.2, -0.15) is 0 Å². The van der Waals surface area contributed by atoms with E-state index in [-0.39, 0.29) is 5.60 Å². The van der Waals surface area contributed by atoms with Gasteiger partial charge in [-0.3, -0.25) is 0 Å². The largest absolute Gasteiger partial charge is 0.374 e. The second-order valence-electron chi connectivity index (χ2n) is 5.90. The predicted molar refractivity (Wildman–Crippen MR) is 80.4 cm³/mol. The van der Waals surface area contributed by atoms with E-state index < -0.39 is 0 Å². The number of hydrogen-bond acceptors (Lipinski definition) is 2. The lowest BCUT2D eigenvalue weighted by atomic mass is 10.1. The normalized spacial score (nSPS) is 12.2. The molecule has 0 atom stereocenters. The molecule has 0 saturated heterocycles. The SMILES string of the molecule is CC(C)(C)OCCn1ccc2cc(CCN)ccc21. The number of fused-ring (bicyclic) bond motifs is 1. The quantitative estimate of drug-likeness (QED) is 0.898. The van der Waals surface area contributed by atoms with Gasteiger partial charge in [0.25, 0.3) is 0 Å². The summed E-state index contributed by atoms with van der Waals surface area (Å²) in [6.07, 6.45) is 3.07. The number of aromatic nitrogens is 1. The van der Waals surface area contributed by atoms with Gasteiger partial charge >= 0.3 is 0 Å². The van der Waals surface area contributed by atoms with Gasteiger partial charge in [-0.05, 0) is 62.9 Å². The smallest absolute Gasteiger partial charge is 0.0652 e. The molecule has 0 aliphatic carbocycles. The van der Waals surface area contributed by atoms with Crippen LogP contribution in [0, 0.1) is 0 Å². The van der Waals surface area contributed by atoms with Crippen LogP contribution in [-0.4, -0.2) is 23.3 Å². The molecule has 1 heterocycles. The summed E-state index contributed by atoms with van der Waals surface area (Å²) in [5, 5.41) is 1.28. The van der Waals surface area contributed by atoms with Gasteiger partial charge in [-0.1, -0.05) is 6.07 Å². The Morgan fingerprint density at radius 2 is 2.00 bits per heavy atom. The summed E-state index contributed by atoms with van der Waals surface area (Å²) < 4.78 is 8.02. The molecule has 2 N–H and O–H groups in total. The Morgan fingerprint density at radius 1 is 1.21 bits per heavy atom. The van der Waals surface area contributed by atoms with E-state index in [0.29, 0.717) is 6.54 Å². The van der Waals surface area contributed by atoms with Crippen molar-refractivity contribution in [2.75, 3.05) is 13.2 Å². The van der Waals surface area contributed by atoms with E-state index in [1.807, 2.05) is 0 Å². The number of nitrogens with zero attached hydrogens (tertiary/aromatic N) is 1. The minimum Gasteiger partial charge on any atom is -0.374 e. The lowest BCUT2D eigenvalue weighted by Gasteiger charge is -2.19. The molecule has 2 aromatic rings. The van der Waals surface area contributed by atoms with Crippen LogP contribution >= 0.6 is 0 Å². The molecule has 0 bridgehead atoms. The lowest BCUT2D eigenvalue weighted by molar-refractivity contribution is -0.00644. The molecule has 0 aliphatic heterocycles. The molecule has 2 rings (SSSR count). The molecule has 0 aliphatic rings. The molecule has 19 heavy (non-hydrogen) atoms. The first kappa shape index (κ1) is 14.1. The van der Waals surface area contributed by atoms with Crippen molar-refractivity contribution in [2.45, 2.75) is 39.3 Å². The number of rotatable bonds is 5. The summed E-state index contributed by atoms with van der Waals surface area (Å²) in [5.74, 6) is 0. The molecule has 0 amide bonds. The predicted octanol–water partition coefficient (Wildman–Crippen LogP) is 2.96. The van der Waals surface area contributed by atoms with Gasteiger partial charge in [0.2, 0.25) is 0 Å². The Hall–Kier alpha value is -1.32. The van der Waals surface area contributed by atoms with Gasteiger partial charge in [0.15, 0.2) is 0 Å². The summed E-state index contributed by atoms with van der Waals surface area (Å²) in [6.45, 7) is 8.57. The maximum atomic E-state index is 5.78. The lowest BCUT2D eigenvalue weighted by Crippen LogP contribution is -2.21. The molecular formula is C16H24N2O. The van der Waals surface area contributed by atoms with Crippen LogP contribution in [0.3, 0.4) is 0 Å². The topological polar surface area (TPSA) is 40.2 Å². The van der Waals surface area contributed by atoms with Crippen LogP contribution in [0.5, 0.6) is 0 Å². The zero-order valence-electron chi connectivity index (χ0n) is 12.1. The van der Waals surface area contributed by atoms with Crippen molar-refractivity contribution in [3.05, 3.63) is 36.0 Å². The standard InChI is InChI=1S/C16H24N2O/c1-16(2,3)19-11-10-18-9-7-14-12-13(6-8-17)4-5-15(14)18/h4-5,7,9,12H,6,8,10-11,17H2,1-3H3. The maximum Gasteiger partial charge on any atom is 0.0652 e. The second kappa shape index (κ2) is 5.76. The summed E-state index contributed by atoms with van der Waals surface area (Å²) >= 11 is 0. The maximum absolute atomic E-state index is 5.78. The Labute approximate surface area is 115 Å². The highest BCUT2D eigenvalue weighted by atomic mass is 16.5. The molecule has 0 fully saturated rings. The molecule has 3 nitrogen and oxygen atoms in total. The Bertz CT molecular complexity index is 537. The molecule has 0 saturated carbocycles. The van der Waals surface area contributed by atoms with Crippen molar-refractivity contribution in [2.24, 2.45) is 5.73 Å². The summed E-state index contributed by atoms with van der Waals surface area (Å²) in [7, 11) is 0. The van der Waals surface area contributed by atoms with Crippen LogP contribution in [0.1, 0.15) is 26.3 Å². The highest BCUT2D eigenvalue weighted by molar-refractivity contribution is 5.80.